The van der Waals surface area contributed by atoms with Crippen molar-refractivity contribution in [2.45, 2.75) is 44.6 Å². The summed E-state index contributed by atoms with van der Waals surface area (Å²) < 4.78 is 5.78. The summed E-state index contributed by atoms with van der Waals surface area (Å²) in [6.07, 6.45) is 3.51. The molecule has 30 heavy (non-hydrogen) atoms. The van der Waals surface area contributed by atoms with E-state index in [4.69, 9.17) is 9.72 Å². The van der Waals surface area contributed by atoms with Gasteiger partial charge < -0.3 is 14.7 Å². The number of aliphatic hydroxyl groups excluding tert-OH is 1. The monoisotopic (exact) mass is 405 g/mol. The molecule has 0 amide bonds. The lowest BCUT2D eigenvalue weighted by molar-refractivity contribution is 0.0592. The fraction of sp³-hybridized carbons (Fsp3) is 0.440. The number of hydrogen-bond acceptors (Lipinski definition) is 5. The molecule has 0 aliphatic carbocycles. The van der Waals surface area contributed by atoms with Gasteiger partial charge in [0.2, 0.25) is 0 Å². The lowest BCUT2D eigenvalue weighted by Crippen LogP contribution is -2.40. The zero-order valence-corrected chi connectivity index (χ0v) is 17.9. The van der Waals surface area contributed by atoms with Crippen molar-refractivity contribution in [3.8, 4) is 5.75 Å². The fourth-order valence-corrected chi connectivity index (χ4v) is 4.07. The Bertz CT molecular complexity index is 950. The van der Waals surface area contributed by atoms with Crippen molar-refractivity contribution in [2.75, 3.05) is 26.2 Å². The van der Waals surface area contributed by atoms with E-state index in [1.807, 2.05) is 42.6 Å². The van der Waals surface area contributed by atoms with E-state index >= 15 is 0 Å². The van der Waals surface area contributed by atoms with E-state index in [0.717, 1.165) is 48.4 Å². The SMILES string of the molecule is CC(C)c1ccc(OC[C@@H](O)CN2CCC(c3cnc4ccccc4n3)CC2)cc1. The average Bonchev–Trinajstić information content (AvgIpc) is 2.78. The van der Waals surface area contributed by atoms with Crippen LogP contribution < -0.4 is 4.74 Å². The van der Waals surface area contributed by atoms with E-state index in [0.29, 0.717) is 25.0 Å². The molecule has 0 bridgehead atoms. The number of piperidine rings is 1. The van der Waals surface area contributed by atoms with Gasteiger partial charge in [0.05, 0.1) is 16.7 Å². The van der Waals surface area contributed by atoms with Crippen molar-refractivity contribution in [2.24, 2.45) is 0 Å². The maximum atomic E-state index is 10.4. The van der Waals surface area contributed by atoms with Crippen LogP contribution in [0.5, 0.6) is 5.75 Å². The molecule has 5 nitrogen and oxygen atoms in total. The van der Waals surface area contributed by atoms with Crippen LogP contribution in [0, 0.1) is 0 Å². The molecule has 4 rings (SSSR count). The molecule has 2 heterocycles. The smallest absolute Gasteiger partial charge is 0.119 e. The molecule has 158 valence electrons. The summed E-state index contributed by atoms with van der Waals surface area (Å²) in [7, 11) is 0. The first kappa shape index (κ1) is 20.8. The van der Waals surface area contributed by atoms with Gasteiger partial charge in [-0.25, -0.2) is 4.98 Å². The molecular weight excluding hydrogens is 374 g/mol. The molecule has 1 saturated heterocycles. The van der Waals surface area contributed by atoms with Crippen LogP contribution in [0.4, 0.5) is 0 Å². The molecule has 3 aromatic rings. The number of aliphatic hydroxyl groups is 1. The average molecular weight is 406 g/mol. The van der Waals surface area contributed by atoms with Gasteiger partial charge in [-0.3, -0.25) is 4.98 Å². The Morgan fingerprint density at radius 3 is 2.43 bits per heavy atom. The highest BCUT2D eigenvalue weighted by Crippen LogP contribution is 2.27. The molecule has 5 heteroatoms. The minimum absolute atomic E-state index is 0.317. The summed E-state index contributed by atoms with van der Waals surface area (Å²) in [5.74, 6) is 1.76. The van der Waals surface area contributed by atoms with E-state index in [-0.39, 0.29) is 0 Å². The molecular formula is C25H31N3O2. The van der Waals surface area contributed by atoms with E-state index < -0.39 is 6.10 Å². The number of nitrogens with zero attached hydrogens (tertiary/aromatic N) is 3. The van der Waals surface area contributed by atoms with Crippen molar-refractivity contribution >= 4 is 11.0 Å². The zero-order valence-electron chi connectivity index (χ0n) is 17.9. The third kappa shape index (κ3) is 5.15. The predicted octanol–water partition coefficient (Wildman–Crippen LogP) is 4.37. The van der Waals surface area contributed by atoms with Crippen molar-refractivity contribution in [1.29, 1.82) is 0 Å². The normalized spacial score (nSPS) is 16.8. The topological polar surface area (TPSA) is 58.5 Å². The number of hydrogen-bond donors (Lipinski definition) is 1. The molecule has 1 fully saturated rings. The molecule has 0 unspecified atom stereocenters. The Labute approximate surface area is 178 Å². The summed E-state index contributed by atoms with van der Waals surface area (Å²) in [6.45, 7) is 7.22. The lowest BCUT2D eigenvalue weighted by atomic mass is 9.93. The van der Waals surface area contributed by atoms with Gasteiger partial charge in [-0.1, -0.05) is 38.1 Å². The minimum atomic E-state index is -0.494. The number of fused-ring (bicyclic) bond motifs is 1. The molecule has 0 spiro atoms. The van der Waals surface area contributed by atoms with Gasteiger partial charge in [-0.05, 0) is 61.7 Å². The molecule has 2 aromatic carbocycles. The Kier molecular flexibility index (Phi) is 6.60. The van der Waals surface area contributed by atoms with Crippen LogP contribution >= 0.6 is 0 Å². The minimum Gasteiger partial charge on any atom is -0.491 e. The Morgan fingerprint density at radius 2 is 1.73 bits per heavy atom. The standard InChI is InChI=1S/C25H31N3O2/c1-18(2)19-7-9-22(10-8-19)30-17-21(29)16-28-13-11-20(12-14-28)25-15-26-23-5-3-4-6-24(23)27-25/h3-10,15,18,20-21,29H,11-14,16-17H2,1-2H3/t21-/m0/s1. The molecule has 1 N–H and O–H groups in total. The third-order valence-corrected chi connectivity index (χ3v) is 5.93. The van der Waals surface area contributed by atoms with Crippen LogP contribution in [-0.4, -0.2) is 52.3 Å². The largest absolute Gasteiger partial charge is 0.491 e. The summed E-state index contributed by atoms with van der Waals surface area (Å²) in [6, 6.07) is 16.2. The zero-order chi connectivity index (χ0) is 20.9. The van der Waals surface area contributed by atoms with Gasteiger partial charge >= 0.3 is 0 Å². The van der Waals surface area contributed by atoms with Crippen LogP contribution in [0.15, 0.2) is 54.7 Å². The summed E-state index contributed by atoms with van der Waals surface area (Å²) in [5, 5.41) is 10.4. The van der Waals surface area contributed by atoms with E-state index in [1.54, 1.807) is 0 Å². The van der Waals surface area contributed by atoms with Gasteiger partial charge in [-0.2, -0.15) is 0 Å². The number of ether oxygens (including phenoxy) is 1. The molecule has 0 saturated carbocycles. The van der Waals surface area contributed by atoms with Gasteiger partial charge in [0.25, 0.3) is 0 Å². The number of aromatic nitrogens is 2. The maximum absolute atomic E-state index is 10.4. The number of rotatable bonds is 7. The van der Waals surface area contributed by atoms with Gasteiger partial charge in [0, 0.05) is 18.7 Å². The number of β-amino-alcohol motifs (C(OH)–C–C–N with tert-alkyl or cyclic N) is 1. The Hall–Kier alpha value is -2.50. The highest BCUT2D eigenvalue weighted by Gasteiger charge is 2.23. The van der Waals surface area contributed by atoms with Crippen LogP contribution in [0.3, 0.4) is 0 Å². The highest BCUT2D eigenvalue weighted by molar-refractivity contribution is 5.73. The van der Waals surface area contributed by atoms with Gasteiger partial charge in [0.1, 0.15) is 18.5 Å². The molecule has 1 aromatic heterocycles. The van der Waals surface area contributed by atoms with Crippen molar-refractivity contribution < 1.29 is 9.84 Å². The van der Waals surface area contributed by atoms with E-state index in [1.165, 1.54) is 5.56 Å². The van der Waals surface area contributed by atoms with Crippen LogP contribution in [0.2, 0.25) is 0 Å². The summed E-state index contributed by atoms with van der Waals surface area (Å²) >= 11 is 0. The predicted molar refractivity (Wildman–Crippen MR) is 120 cm³/mol. The Balaban J connectivity index is 1.23. The third-order valence-electron chi connectivity index (χ3n) is 5.93. The van der Waals surface area contributed by atoms with Crippen molar-refractivity contribution in [3.05, 3.63) is 66.0 Å². The molecule has 1 aliphatic rings. The highest BCUT2D eigenvalue weighted by atomic mass is 16.5. The summed E-state index contributed by atoms with van der Waals surface area (Å²) in [4.78, 5) is 11.7. The van der Waals surface area contributed by atoms with Gasteiger partial charge in [-0.15, -0.1) is 0 Å². The molecule has 1 atom stereocenters. The first-order chi connectivity index (χ1) is 14.6. The lowest BCUT2D eigenvalue weighted by Gasteiger charge is -2.32. The maximum Gasteiger partial charge on any atom is 0.119 e. The second-order valence-corrected chi connectivity index (χ2v) is 8.55. The quantitative estimate of drug-likeness (QED) is 0.632. The van der Waals surface area contributed by atoms with E-state index in [2.05, 4.69) is 35.9 Å². The van der Waals surface area contributed by atoms with Crippen molar-refractivity contribution in [3.63, 3.8) is 0 Å². The number of benzene rings is 2. The first-order valence-corrected chi connectivity index (χ1v) is 10.9. The molecule has 0 radical (unpaired) electrons. The Morgan fingerprint density at radius 1 is 1.03 bits per heavy atom. The van der Waals surface area contributed by atoms with Crippen molar-refractivity contribution in [1.82, 2.24) is 14.9 Å². The van der Waals surface area contributed by atoms with E-state index in [9.17, 15) is 5.11 Å². The van der Waals surface area contributed by atoms with Crippen LogP contribution in [0.1, 0.15) is 49.8 Å². The van der Waals surface area contributed by atoms with Gasteiger partial charge in [0.15, 0.2) is 0 Å². The molecule has 1 aliphatic heterocycles. The fourth-order valence-electron chi connectivity index (χ4n) is 4.07. The second-order valence-electron chi connectivity index (χ2n) is 8.55. The number of para-hydroxylation sites is 2. The summed E-state index contributed by atoms with van der Waals surface area (Å²) in [5.41, 5.74) is 4.29. The van der Waals surface area contributed by atoms with Crippen LogP contribution in [-0.2, 0) is 0 Å². The second kappa shape index (κ2) is 9.54. The number of likely N-dealkylation sites (tertiary alicyclic amines) is 1. The first-order valence-electron chi connectivity index (χ1n) is 10.9. The van der Waals surface area contributed by atoms with Crippen LogP contribution in [0.25, 0.3) is 11.0 Å².